The lowest BCUT2D eigenvalue weighted by molar-refractivity contribution is 0.0175. The molecule has 2 atom stereocenters. The van der Waals surface area contributed by atoms with Crippen LogP contribution in [-0.2, 0) is 4.74 Å². The Bertz CT molecular complexity index is 705. The van der Waals surface area contributed by atoms with Crippen LogP contribution >= 0.6 is 0 Å². The highest BCUT2D eigenvalue weighted by molar-refractivity contribution is 5.86. The summed E-state index contributed by atoms with van der Waals surface area (Å²) in [7, 11) is 0. The van der Waals surface area contributed by atoms with Gasteiger partial charge in [-0.05, 0) is 57.7 Å². The maximum Gasteiger partial charge on any atom is 0.411 e. The third-order valence-electron chi connectivity index (χ3n) is 4.30. The van der Waals surface area contributed by atoms with E-state index in [0.717, 1.165) is 18.4 Å². The molecule has 1 N–H and O–H groups in total. The Labute approximate surface area is 141 Å². The Morgan fingerprint density at radius 2 is 2.04 bits per heavy atom. The topological polar surface area (TPSA) is 79.7 Å². The summed E-state index contributed by atoms with van der Waals surface area (Å²) in [5, 5.41) is 9.10. The van der Waals surface area contributed by atoms with Gasteiger partial charge < -0.3 is 9.84 Å². The number of amides is 1. The molecule has 2 aliphatic rings. The van der Waals surface area contributed by atoms with E-state index in [-0.39, 0.29) is 23.9 Å². The molecule has 0 aliphatic carbocycles. The number of carboxylic acids is 1. The number of aromatic nitrogens is 1. The van der Waals surface area contributed by atoms with E-state index in [0.29, 0.717) is 12.1 Å². The van der Waals surface area contributed by atoms with Crippen molar-refractivity contribution in [3.8, 4) is 0 Å². The number of nitrogens with zero attached hydrogens (tertiary/aromatic N) is 2. The summed E-state index contributed by atoms with van der Waals surface area (Å²) in [6.45, 7) is 5.58. The molecule has 3 heterocycles. The fourth-order valence-corrected chi connectivity index (χ4v) is 3.35. The van der Waals surface area contributed by atoms with E-state index in [4.69, 9.17) is 9.84 Å². The summed E-state index contributed by atoms with van der Waals surface area (Å²) in [5.41, 5.74) is 1.20. The molecule has 3 rings (SSSR count). The first-order valence-electron chi connectivity index (χ1n) is 8.17. The van der Waals surface area contributed by atoms with Crippen LogP contribution in [0.2, 0.25) is 0 Å². The van der Waals surface area contributed by atoms with Gasteiger partial charge in [-0.1, -0.05) is 12.1 Å². The number of carbonyl (C=O) groups is 2. The Morgan fingerprint density at radius 1 is 1.29 bits per heavy atom. The van der Waals surface area contributed by atoms with Gasteiger partial charge in [0.15, 0.2) is 0 Å². The predicted octanol–water partition coefficient (Wildman–Crippen LogP) is 3.34. The van der Waals surface area contributed by atoms with Crippen molar-refractivity contribution in [3.05, 3.63) is 35.7 Å². The zero-order valence-electron chi connectivity index (χ0n) is 14.2. The molecule has 2 aliphatic heterocycles. The quantitative estimate of drug-likeness (QED) is 0.899. The molecule has 0 radical (unpaired) electrons. The van der Waals surface area contributed by atoms with Gasteiger partial charge in [0, 0.05) is 6.04 Å². The second kappa shape index (κ2) is 5.92. The van der Waals surface area contributed by atoms with Crippen molar-refractivity contribution in [2.45, 2.75) is 57.7 Å². The number of rotatable bonds is 2. The second-order valence-corrected chi connectivity index (χ2v) is 7.30. The summed E-state index contributed by atoms with van der Waals surface area (Å²) in [6.07, 6.45) is 4.24. The maximum absolute atomic E-state index is 12.4. The number of pyridine rings is 1. The normalized spacial score (nSPS) is 23.0. The summed E-state index contributed by atoms with van der Waals surface area (Å²) < 4.78 is 5.51. The minimum absolute atomic E-state index is 0.0103. The molecule has 2 bridgehead atoms. The Balaban J connectivity index is 1.83. The van der Waals surface area contributed by atoms with Crippen molar-refractivity contribution in [1.29, 1.82) is 0 Å². The van der Waals surface area contributed by atoms with Crippen molar-refractivity contribution in [3.63, 3.8) is 0 Å². The second-order valence-electron chi connectivity index (χ2n) is 7.30. The highest BCUT2D eigenvalue weighted by atomic mass is 16.6. The molecule has 1 aromatic rings. The molecule has 0 saturated carbocycles. The number of aromatic carboxylic acids is 1. The summed E-state index contributed by atoms with van der Waals surface area (Å²) >= 11 is 0. The van der Waals surface area contributed by atoms with Crippen molar-refractivity contribution < 1.29 is 19.4 Å². The van der Waals surface area contributed by atoms with E-state index >= 15 is 0 Å². The van der Waals surface area contributed by atoms with E-state index < -0.39 is 11.6 Å². The molecule has 24 heavy (non-hydrogen) atoms. The highest BCUT2D eigenvalue weighted by Gasteiger charge is 2.41. The van der Waals surface area contributed by atoms with Crippen molar-refractivity contribution in [2.24, 2.45) is 0 Å². The molecule has 2 unspecified atom stereocenters. The molecule has 0 spiro atoms. The van der Waals surface area contributed by atoms with Crippen molar-refractivity contribution >= 4 is 17.6 Å². The number of hydrogen-bond donors (Lipinski definition) is 1. The minimum atomic E-state index is -1.04. The van der Waals surface area contributed by atoms with E-state index in [1.54, 1.807) is 6.07 Å². The molecule has 6 nitrogen and oxygen atoms in total. The maximum atomic E-state index is 12.4. The van der Waals surface area contributed by atoms with Gasteiger partial charge in [0.05, 0.1) is 11.7 Å². The van der Waals surface area contributed by atoms with Gasteiger partial charge in [-0.3, -0.25) is 4.90 Å². The summed E-state index contributed by atoms with van der Waals surface area (Å²) in [5.74, 6) is -1.04. The lowest BCUT2D eigenvalue weighted by Gasteiger charge is -2.35. The van der Waals surface area contributed by atoms with E-state index in [1.807, 2.05) is 37.8 Å². The van der Waals surface area contributed by atoms with E-state index in [9.17, 15) is 9.59 Å². The first-order valence-corrected chi connectivity index (χ1v) is 8.17. The van der Waals surface area contributed by atoms with Crippen LogP contribution in [0, 0.1) is 0 Å². The molecule has 128 valence electrons. The zero-order valence-corrected chi connectivity index (χ0v) is 14.2. The van der Waals surface area contributed by atoms with Crippen LogP contribution < -0.4 is 0 Å². The number of carbonyl (C=O) groups excluding carboxylic acids is 1. The third-order valence-corrected chi connectivity index (χ3v) is 4.30. The first-order chi connectivity index (χ1) is 11.2. The largest absolute Gasteiger partial charge is 0.477 e. The molecule has 1 amide bonds. The van der Waals surface area contributed by atoms with E-state index in [1.165, 1.54) is 6.07 Å². The minimum Gasteiger partial charge on any atom is -0.477 e. The van der Waals surface area contributed by atoms with Crippen LogP contribution in [0.25, 0.3) is 5.57 Å². The van der Waals surface area contributed by atoms with Gasteiger partial charge in [0.1, 0.15) is 11.3 Å². The van der Waals surface area contributed by atoms with Gasteiger partial charge >= 0.3 is 12.1 Å². The SMILES string of the molecule is CC(C)(C)OC(=O)N1C2C=C(c3cccc(C(=O)O)n3)CC1CC2. The monoisotopic (exact) mass is 330 g/mol. The van der Waals surface area contributed by atoms with Crippen LogP contribution in [0.15, 0.2) is 24.3 Å². The summed E-state index contributed by atoms with van der Waals surface area (Å²) in [6, 6.07) is 5.08. The fraction of sp³-hybridized carbons (Fsp3) is 0.500. The average Bonchev–Trinajstić information content (AvgIpc) is 2.76. The number of ether oxygens (including phenoxy) is 1. The highest BCUT2D eigenvalue weighted by Crippen LogP contribution is 2.38. The first kappa shape index (κ1) is 16.5. The Morgan fingerprint density at radius 3 is 2.67 bits per heavy atom. The molecular formula is C18H22N2O4. The number of hydrogen-bond acceptors (Lipinski definition) is 4. The molecular weight excluding hydrogens is 308 g/mol. The van der Waals surface area contributed by atoms with Crippen LogP contribution in [0.3, 0.4) is 0 Å². The lowest BCUT2D eigenvalue weighted by Crippen LogP contribution is -2.45. The Hall–Kier alpha value is -2.37. The van der Waals surface area contributed by atoms with Crippen molar-refractivity contribution in [2.75, 3.05) is 0 Å². The zero-order chi connectivity index (χ0) is 17.5. The molecule has 1 saturated heterocycles. The standard InChI is InChI=1S/C18H22N2O4/c1-18(2,3)24-17(23)20-12-7-8-13(20)10-11(9-12)14-5-4-6-15(19-14)16(21)22/h4-6,9,12-13H,7-8,10H2,1-3H3,(H,21,22). The molecule has 1 fully saturated rings. The molecule has 1 aromatic heterocycles. The van der Waals surface area contributed by atoms with Crippen LogP contribution in [0.5, 0.6) is 0 Å². The smallest absolute Gasteiger partial charge is 0.411 e. The van der Waals surface area contributed by atoms with Gasteiger partial charge in [-0.2, -0.15) is 0 Å². The van der Waals surface area contributed by atoms with Crippen LogP contribution in [0.4, 0.5) is 4.79 Å². The molecule has 0 aromatic carbocycles. The predicted molar refractivity (Wildman–Crippen MR) is 88.7 cm³/mol. The molecule has 6 heteroatoms. The Kier molecular flexibility index (Phi) is 4.07. The van der Waals surface area contributed by atoms with Crippen LogP contribution in [-0.4, -0.2) is 44.7 Å². The van der Waals surface area contributed by atoms with E-state index in [2.05, 4.69) is 4.98 Å². The van der Waals surface area contributed by atoms with Gasteiger partial charge in [0.2, 0.25) is 0 Å². The van der Waals surface area contributed by atoms with Gasteiger partial charge in [-0.25, -0.2) is 14.6 Å². The van der Waals surface area contributed by atoms with Gasteiger partial charge in [0.25, 0.3) is 0 Å². The summed E-state index contributed by atoms with van der Waals surface area (Å²) in [4.78, 5) is 29.6. The van der Waals surface area contributed by atoms with Gasteiger partial charge in [-0.15, -0.1) is 0 Å². The third kappa shape index (κ3) is 3.27. The number of carboxylic acid groups (broad SMARTS) is 1. The lowest BCUT2D eigenvalue weighted by atomic mass is 9.98. The average molecular weight is 330 g/mol. The van der Waals surface area contributed by atoms with Crippen LogP contribution in [0.1, 0.15) is 56.2 Å². The number of fused-ring (bicyclic) bond motifs is 2. The van der Waals surface area contributed by atoms with Crippen molar-refractivity contribution in [1.82, 2.24) is 9.88 Å². The fourth-order valence-electron chi connectivity index (χ4n) is 3.35.